The van der Waals surface area contributed by atoms with Crippen LogP contribution in [0.4, 0.5) is 0 Å². The van der Waals surface area contributed by atoms with Gasteiger partial charge in [-0.3, -0.25) is 4.79 Å². The SMILES string of the molecule is CCC(C)(C)NC(=O)C(C)Oc1cccnc1C(=O)O. The quantitative estimate of drug-likeness (QED) is 0.830. The van der Waals surface area contributed by atoms with Crippen LogP contribution in [0, 0.1) is 0 Å². The lowest BCUT2D eigenvalue weighted by molar-refractivity contribution is -0.129. The van der Waals surface area contributed by atoms with Crippen LogP contribution in [0.1, 0.15) is 44.6 Å². The molecule has 1 rings (SSSR count). The Hall–Kier alpha value is -2.11. The van der Waals surface area contributed by atoms with Gasteiger partial charge in [0, 0.05) is 11.7 Å². The van der Waals surface area contributed by atoms with Gasteiger partial charge in [-0.15, -0.1) is 0 Å². The summed E-state index contributed by atoms with van der Waals surface area (Å²) in [5.41, 5.74) is -0.541. The van der Waals surface area contributed by atoms with Crippen molar-refractivity contribution in [3.8, 4) is 5.75 Å². The van der Waals surface area contributed by atoms with Crippen molar-refractivity contribution in [3.63, 3.8) is 0 Å². The Kier molecular flexibility index (Phi) is 5.07. The van der Waals surface area contributed by atoms with Crippen LogP contribution >= 0.6 is 0 Å². The molecular weight excluding hydrogens is 260 g/mol. The van der Waals surface area contributed by atoms with Gasteiger partial charge in [0.1, 0.15) is 0 Å². The Balaban J connectivity index is 2.79. The summed E-state index contributed by atoms with van der Waals surface area (Å²) in [6, 6.07) is 3.04. The summed E-state index contributed by atoms with van der Waals surface area (Å²) in [5.74, 6) is -1.41. The minimum Gasteiger partial charge on any atom is -0.478 e. The summed E-state index contributed by atoms with van der Waals surface area (Å²) in [4.78, 5) is 26.7. The number of aromatic carboxylic acids is 1. The molecule has 1 heterocycles. The third-order valence-corrected chi connectivity index (χ3v) is 2.99. The van der Waals surface area contributed by atoms with Crippen LogP contribution in [0.25, 0.3) is 0 Å². The summed E-state index contributed by atoms with van der Waals surface area (Å²) in [5, 5.41) is 11.8. The average Bonchev–Trinajstić information content (AvgIpc) is 2.38. The first-order valence-electron chi connectivity index (χ1n) is 6.44. The number of carbonyl (C=O) groups is 2. The highest BCUT2D eigenvalue weighted by molar-refractivity contribution is 5.89. The van der Waals surface area contributed by atoms with E-state index in [1.165, 1.54) is 12.3 Å². The maximum absolute atomic E-state index is 12.0. The molecule has 0 radical (unpaired) electrons. The number of amides is 1. The largest absolute Gasteiger partial charge is 0.478 e. The molecule has 0 aromatic carbocycles. The first-order chi connectivity index (χ1) is 9.26. The molecule has 0 fully saturated rings. The number of carboxylic acids is 1. The minimum absolute atomic E-state index is 0.0805. The molecule has 0 aliphatic carbocycles. The molecule has 1 aromatic heterocycles. The van der Waals surface area contributed by atoms with Crippen molar-refractivity contribution < 1.29 is 19.4 Å². The van der Waals surface area contributed by atoms with E-state index in [1.807, 2.05) is 20.8 Å². The lowest BCUT2D eigenvalue weighted by Crippen LogP contribution is -2.48. The third kappa shape index (κ3) is 4.22. The van der Waals surface area contributed by atoms with E-state index in [-0.39, 0.29) is 22.9 Å². The molecule has 0 bridgehead atoms. The zero-order valence-corrected chi connectivity index (χ0v) is 12.1. The van der Waals surface area contributed by atoms with Gasteiger partial charge in [-0.1, -0.05) is 6.92 Å². The molecule has 2 N–H and O–H groups in total. The van der Waals surface area contributed by atoms with E-state index in [1.54, 1.807) is 13.0 Å². The molecule has 20 heavy (non-hydrogen) atoms. The maximum Gasteiger partial charge on any atom is 0.358 e. The average molecular weight is 280 g/mol. The van der Waals surface area contributed by atoms with Crippen LogP contribution in [-0.2, 0) is 4.79 Å². The highest BCUT2D eigenvalue weighted by Gasteiger charge is 2.24. The fraction of sp³-hybridized carbons (Fsp3) is 0.500. The van der Waals surface area contributed by atoms with Crippen molar-refractivity contribution in [1.29, 1.82) is 0 Å². The van der Waals surface area contributed by atoms with Crippen molar-refractivity contribution in [2.24, 2.45) is 0 Å². The Morgan fingerprint density at radius 3 is 2.70 bits per heavy atom. The molecule has 1 aromatic rings. The van der Waals surface area contributed by atoms with Crippen molar-refractivity contribution in [1.82, 2.24) is 10.3 Å². The highest BCUT2D eigenvalue weighted by atomic mass is 16.5. The normalized spacial score (nSPS) is 12.6. The van der Waals surface area contributed by atoms with E-state index in [0.29, 0.717) is 0 Å². The molecule has 0 aliphatic heterocycles. The molecule has 6 heteroatoms. The smallest absolute Gasteiger partial charge is 0.358 e. The van der Waals surface area contributed by atoms with Crippen molar-refractivity contribution >= 4 is 11.9 Å². The van der Waals surface area contributed by atoms with E-state index in [0.717, 1.165) is 6.42 Å². The molecule has 0 saturated carbocycles. The van der Waals surface area contributed by atoms with Gasteiger partial charge < -0.3 is 15.2 Å². The predicted molar refractivity (Wildman–Crippen MR) is 73.8 cm³/mol. The zero-order valence-electron chi connectivity index (χ0n) is 12.1. The lowest BCUT2D eigenvalue weighted by atomic mass is 10.0. The standard InChI is InChI=1S/C14H20N2O4/c1-5-14(3,4)16-12(17)9(2)20-10-7-6-8-15-11(10)13(18)19/h6-9H,5H2,1-4H3,(H,16,17)(H,18,19). The molecule has 0 spiro atoms. The van der Waals surface area contributed by atoms with E-state index in [4.69, 9.17) is 9.84 Å². The number of carbonyl (C=O) groups excluding carboxylic acids is 1. The molecule has 6 nitrogen and oxygen atoms in total. The number of aromatic nitrogens is 1. The number of hydrogen-bond acceptors (Lipinski definition) is 4. The number of nitrogens with zero attached hydrogens (tertiary/aromatic N) is 1. The van der Waals surface area contributed by atoms with Crippen molar-refractivity contribution in [2.45, 2.75) is 45.8 Å². The van der Waals surface area contributed by atoms with E-state index in [2.05, 4.69) is 10.3 Å². The van der Waals surface area contributed by atoms with Gasteiger partial charge in [0.15, 0.2) is 17.5 Å². The minimum atomic E-state index is -1.19. The monoisotopic (exact) mass is 280 g/mol. The van der Waals surface area contributed by atoms with E-state index < -0.39 is 12.1 Å². The predicted octanol–water partition coefficient (Wildman–Crippen LogP) is 1.85. The number of pyridine rings is 1. The number of hydrogen-bond donors (Lipinski definition) is 2. The van der Waals surface area contributed by atoms with Crippen molar-refractivity contribution in [2.75, 3.05) is 0 Å². The second-order valence-corrected chi connectivity index (χ2v) is 5.14. The lowest BCUT2D eigenvalue weighted by Gasteiger charge is -2.26. The molecule has 0 saturated heterocycles. The Labute approximate surface area is 118 Å². The topological polar surface area (TPSA) is 88.5 Å². The Morgan fingerprint density at radius 2 is 2.15 bits per heavy atom. The van der Waals surface area contributed by atoms with Crippen LogP contribution in [0.2, 0.25) is 0 Å². The van der Waals surface area contributed by atoms with Gasteiger partial charge in [-0.05, 0) is 39.3 Å². The molecule has 110 valence electrons. The number of ether oxygens (including phenoxy) is 1. The van der Waals surface area contributed by atoms with Gasteiger partial charge in [-0.2, -0.15) is 0 Å². The molecule has 1 unspecified atom stereocenters. The number of nitrogens with one attached hydrogen (secondary N) is 1. The van der Waals surface area contributed by atoms with Crippen molar-refractivity contribution in [3.05, 3.63) is 24.0 Å². The van der Waals surface area contributed by atoms with Gasteiger partial charge in [0.05, 0.1) is 0 Å². The van der Waals surface area contributed by atoms with Crippen LogP contribution in [-0.4, -0.2) is 33.6 Å². The van der Waals surface area contributed by atoms with E-state index >= 15 is 0 Å². The first-order valence-corrected chi connectivity index (χ1v) is 6.44. The summed E-state index contributed by atoms with van der Waals surface area (Å²) in [7, 11) is 0. The fourth-order valence-corrected chi connectivity index (χ4v) is 1.41. The van der Waals surface area contributed by atoms with Crippen LogP contribution in [0.3, 0.4) is 0 Å². The maximum atomic E-state index is 12.0. The van der Waals surface area contributed by atoms with E-state index in [9.17, 15) is 9.59 Å². The number of rotatable bonds is 6. The summed E-state index contributed by atoms with van der Waals surface area (Å²) in [6.45, 7) is 7.35. The Morgan fingerprint density at radius 1 is 1.50 bits per heavy atom. The third-order valence-electron chi connectivity index (χ3n) is 2.99. The zero-order chi connectivity index (χ0) is 15.3. The van der Waals surface area contributed by atoms with Crippen LogP contribution in [0.15, 0.2) is 18.3 Å². The van der Waals surface area contributed by atoms with Crippen LogP contribution < -0.4 is 10.1 Å². The highest BCUT2D eigenvalue weighted by Crippen LogP contribution is 2.17. The summed E-state index contributed by atoms with van der Waals surface area (Å²) in [6.07, 6.45) is 1.34. The Bertz CT molecular complexity index is 500. The van der Waals surface area contributed by atoms with Gasteiger partial charge in [0.2, 0.25) is 0 Å². The number of carboxylic acid groups (broad SMARTS) is 1. The molecule has 1 amide bonds. The first kappa shape index (κ1) is 15.9. The van der Waals surface area contributed by atoms with Gasteiger partial charge in [0.25, 0.3) is 5.91 Å². The molecular formula is C14H20N2O4. The summed E-state index contributed by atoms with van der Waals surface area (Å²) < 4.78 is 5.40. The second-order valence-electron chi connectivity index (χ2n) is 5.14. The molecule has 1 atom stereocenters. The molecule has 0 aliphatic rings. The van der Waals surface area contributed by atoms with Gasteiger partial charge in [-0.25, -0.2) is 9.78 Å². The summed E-state index contributed by atoms with van der Waals surface area (Å²) >= 11 is 0. The second kappa shape index (κ2) is 6.36. The fourth-order valence-electron chi connectivity index (χ4n) is 1.41. The van der Waals surface area contributed by atoms with Gasteiger partial charge >= 0.3 is 5.97 Å². The van der Waals surface area contributed by atoms with Crippen LogP contribution in [0.5, 0.6) is 5.75 Å².